The van der Waals surface area contributed by atoms with Gasteiger partial charge in [-0.05, 0) is 6.07 Å². The molecule has 0 aromatic heterocycles. The molecular weight excluding hydrogens is 247 g/mol. The Balaban J connectivity index is 0.00000196. The second-order valence-corrected chi connectivity index (χ2v) is 3.32. The number of hydrogen-bond donors (Lipinski definition) is 2. The maximum Gasteiger partial charge on any atom is 0.240 e. The van der Waals surface area contributed by atoms with Crippen LogP contribution in [0.2, 0.25) is 5.02 Å². The molecule has 15 heavy (non-hydrogen) atoms. The number of phenolic OH excluding ortho intramolecular Hbond substituents is 1. The first-order valence-electron chi connectivity index (χ1n) is 4.03. The van der Waals surface area contributed by atoms with Gasteiger partial charge in [-0.15, -0.1) is 12.4 Å². The molecule has 0 saturated carbocycles. The number of rotatable bonds is 3. The maximum absolute atomic E-state index is 12.0. The van der Waals surface area contributed by atoms with Crippen LogP contribution in [0.25, 0.3) is 0 Å². The molecule has 0 unspecified atom stereocenters. The fraction of sp³-hybridized carbons (Fsp3) is 0.333. The van der Waals surface area contributed by atoms with E-state index in [1.165, 1.54) is 12.1 Å². The minimum Gasteiger partial charge on any atom is -0.506 e. The van der Waals surface area contributed by atoms with E-state index in [9.17, 15) is 13.9 Å². The molecule has 2 nitrogen and oxygen atoms in total. The average molecular weight is 258 g/mol. The summed E-state index contributed by atoms with van der Waals surface area (Å²) in [7, 11) is 0. The summed E-state index contributed by atoms with van der Waals surface area (Å²) in [6.45, 7) is 0. The van der Waals surface area contributed by atoms with Gasteiger partial charge in [-0.2, -0.15) is 0 Å². The van der Waals surface area contributed by atoms with Crippen molar-refractivity contribution in [1.82, 2.24) is 0 Å². The van der Waals surface area contributed by atoms with Gasteiger partial charge >= 0.3 is 0 Å². The Bertz CT molecular complexity index is 323. The van der Waals surface area contributed by atoms with E-state index in [0.29, 0.717) is 0 Å². The summed E-state index contributed by atoms with van der Waals surface area (Å²) < 4.78 is 24.0. The second-order valence-electron chi connectivity index (χ2n) is 2.91. The molecule has 0 aliphatic rings. The Labute approximate surface area is 97.4 Å². The summed E-state index contributed by atoms with van der Waals surface area (Å²) >= 11 is 5.60. The lowest BCUT2D eigenvalue weighted by atomic mass is 10.0. The van der Waals surface area contributed by atoms with Gasteiger partial charge in [-0.3, -0.25) is 0 Å². The highest BCUT2D eigenvalue weighted by molar-refractivity contribution is 6.32. The van der Waals surface area contributed by atoms with Gasteiger partial charge < -0.3 is 10.8 Å². The summed E-state index contributed by atoms with van der Waals surface area (Å²) in [6.07, 6.45) is -2.99. The van der Waals surface area contributed by atoms with Gasteiger partial charge in [0.2, 0.25) is 6.43 Å². The van der Waals surface area contributed by atoms with Gasteiger partial charge in [0, 0.05) is 18.0 Å². The van der Waals surface area contributed by atoms with E-state index in [1.807, 2.05) is 0 Å². The molecule has 1 aromatic rings. The van der Waals surface area contributed by atoms with Crippen LogP contribution in [0.5, 0.6) is 5.75 Å². The van der Waals surface area contributed by atoms with Crippen molar-refractivity contribution < 1.29 is 13.9 Å². The molecule has 86 valence electrons. The van der Waals surface area contributed by atoms with Crippen molar-refractivity contribution in [1.29, 1.82) is 0 Å². The Morgan fingerprint density at radius 3 is 2.53 bits per heavy atom. The molecule has 1 rings (SSSR count). The molecule has 0 saturated heterocycles. The molecule has 0 spiro atoms. The molecular formula is C9H11Cl2F2NO. The number of para-hydroxylation sites is 1. The van der Waals surface area contributed by atoms with Crippen molar-refractivity contribution in [2.75, 3.05) is 0 Å². The highest BCUT2D eigenvalue weighted by atomic mass is 35.5. The van der Waals surface area contributed by atoms with Crippen molar-refractivity contribution in [2.24, 2.45) is 5.73 Å². The van der Waals surface area contributed by atoms with Gasteiger partial charge in [-0.25, -0.2) is 8.78 Å². The molecule has 1 aromatic carbocycles. The number of hydrogen-bond acceptors (Lipinski definition) is 2. The van der Waals surface area contributed by atoms with Gasteiger partial charge in [0.25, 0.3) is 0 Å². The Morgan fingerprint density at radius 1 is 1.40 bits per heavy atom. The monoisotopic (exact) mass is 257 g/mol. The summed E-state index contributed by atoms with van der Waals surface area (Å²) in [5.41, 5.74) is 5.71. The topological polar surface area (TPSA) is 46.2 Å². The van der Waals surface area contributed by atoms with E-state index >= 15 is 0 Å². The van der Waals surface area contributed by atoms with E-state index < -0.39 is 18.9 Å². The predicted octanol–water partition coefficient (Wildman–Crippen LogP) is 3.12. The first-order chi connectivity index (χ1) is 6.52. The molecule has 0 aliphatic carbocycles. The zero-order chi connectivity index (χ0) is 10.7. The van der Waals surface area contributed by atoms with E-state index in [0.717, 1.165) is 0 Å². The van der Waals surface area contributed by atoms with Crippen molar-refractivity contribution >= 4 is 24.0 Å². The molecule has 1 atom stereocenters. The minimum atomic E-state index is -2.50. The lowest BCUT2D eigenvalue weighted by molar-refractivity contribution is 0.128. The zero-order valence-electron chi connectivity index (χ0n) is 7.66. The summed E-state index contributed by atoms with van der Waals surface area (Å²) in [5.74, 6) is -0.220. The SMILES string of the molecule is Cl.N[C@@H](CC(F)F)c1cccc(Cl)c1O. The number of phenols is 1. The van der Waals surface area contributed by atoms with Crippen LogP contribution in [0.4, 0.5) is 8.78 Å². The maximum atomic E-state index is 12.0. The van der Waals surface area contributed by atoms with Gasteiger partial charge in [0.05, 0.1) is 5.02 Å². The number of benzene rings is 1. The molecule has 0 bridgehead atoms. The second kappa shape index (κ2) is 6.10. The van der Waals surface area contributed by atoms with Crippen molar-refractivity contribution in [3.05, 3.63) is 28.8 Å². The Morgan fingerprint density at radius 2 is 2.00 bits per heavy atom. The van der Waals surface area contributed by atoms with E-state index in [-0.39, 0.29) is 28.7 Å². The number of halogens is 4. The van der Waals surface area contributed by atoms with Gasteiger partial charge in [0.15, 0.2) is 0 Å². The number of alkyl halides is 2. The van der Waals surface area contributed by atoms with Crippen molar-refractivity contribution in [2.45, 2.75) is 18.9 Å². The van der Waals surface area contributed by atoms with Gasteiger partial charge in [-0.1, -0.05) is 23.7 Å². The van der Waals surface area contributed by atoms with E-state index in [4.69, 9.17) is 17.3 Å². The number of nitrogens with two attached hydrogens (primary N) is 1. The minimum absolute atomic E-state index is 0. The smallest absolute Gasteiger partial charge is 0.240 e. The summed E-state index contributed by atoms with van der Waals surface area (Å²) in [6, 6.07) is 3.61. The molecule has 0 heterocycles. The highest BCUT2D eigenvalue weighted by Gasteiger charge is 2.17. The standard InChI is InChI=1S/C9H10ClF2NO.ClH/c10-6-3-1-2-5(9(6)14)7(13)4-8(11)12;/h1-3,7-8,14H,4,13H2;1H/t7-;/m0./s1. The first-order valence-corrected chi connectivity index (χ1v) is 4.41. The van der Waals surface area contributed by atoms with Crippen LogP contribution in [0.3, 0.4) is 0 Å². The lowest BCUT2D eigenvalue weighted by Gasteiger charge is -2.13. The Kier molecular flexibility index (Phi) is 5.87. The molecule has 0 fully saturated rings. The van der Waals surface area contributed by atoms with Crippen LogP contribution in [-0.4, -0.2) is 11.5 Å². The molecule has 0 aliphatic heterocycles. The third-order valence-corrected chi connectivity index (χ3v) is 2.15. The van der Waals surface area contributed by atoms with Crippen LogP contribution in [0, 0.1) is 0 Å². The van der Waals surface area contributed by atoms with Crippen LogP contribution in [0.15, 0.2) is 18.2 Å². The summed E-state index contributed by atoms with van der Waals surface area (Å²) in [4.78, 5) is 0. The van der Waals surface area contributed by atoms with Crippen LogP contribution >= 0.6 is 24.0 Å². The fourth-order valence-corrected chi connectivity index (χ4v) is 1.33. The first kappa shape index (κ1) is 14.4. The largest absolute Gasteiger partial charge is 0.506 e. The van der Waals surface area contributed by atoms with Crippen LogP contribution in [0.1, 0.15) is 18.0 Å². The predicted molar refractivity (Wildman–Crippen MR) is 57.9 cm³/mol. The van der Waals surface area contributed by atoms with Crippen LogP contribution < -0.4 is 5.73 Å². The number of aromatic hydroxyl groups is 1. The molecule has 0 radical (unpaired) electrons. The fourth-order valence-electron chi connectivity index (χ4n) is 1.15. The summed E-state index contributed by atoms with van der Waals surface area (Å²) in [5, 5.41) is 9.54. The average Bonchev–Trinajstić information content (AvgIpc) is 2.08. The van der Waals surface area contributed by atoms with Crippen molar-refractivity contribution in [3.63, 3.8) is 0 Å². The van der Waals surface area contributed by atoms with Gasteiger partial charge in [0.1, 0.15) is 5.75 Å². The molecule has 0 amide bonds. The zero-order valence-corrected chi connectivity index (χ0v) is 9.23. The highest BCUT2D eigenvalue weighted by Crippen LogP contribution is 2.32. The molecule has 6 heteroatoms. The van der Waals surface area contributed by atoms with Crippen LogP contribution in [-0.2, 0) is 0 Å². The Hall–Kier alpha value is -0.580. The lowest BCUT2D eigenvalue weighted by Crippen LogP contribution is -2.14. The van der Waals surface area contributed by atoms with E-state index in [2.05, 4.69) is 0 Å². The normalized spacial score (nSPS) is 12.3. The quantitative estimate of drug-likeness (QED) is 0.874. The van der Waals surface area contributed by atoms with Crippen molar-refractivity contribution in [3.8, 4) is 5.75 Å². The third-order valence-electron chi connectivity index (χ3n) is 1.85. The third kappa shape index (κ3) is 3.81. The molecule has 3 N–H and O–H groups in total. The van der Waals surface area contributed by atoms with E-state index in [1.54, 1.807) is 6.07 Å².